The fourth-order valence-corrected chi connectivity index (χ4v) is 1.41. The molecule has 1 unspecified atom stereocenters. The summed E-state index contributed by atoms with van der Waals surface area (Å²) in [4.78, 5) is 21.9. The Hall–Kier alpha value is -1.63. The normalized spacial score (nSPS) is 12.6. The molecule has 0 heterocycles. The lowest BCUT2D eigenvalue weighted by Gasteiger charge is -2.22. The highest BCUT2D eigenvalue weighted by Gasteiger charge is 2.26. The number of ketones is 1. The van der Waals surface area contributed by atoms with E-state index in [1.54, 1.807) is 13.8 Å². The molecular formula is C11H21N4O3. The standard InChI is InChI=1S/C11H21N4O3/c1-11(2,18-7-16)6-9(17)8(12)4-3-5-15-10(13)14/h8H,3-6,12H2,1-2H3,(H4,13,14,15). The lowest BCUT2D eigenvalue weighted by atomic mass is 9.96. The summed E-state index contributed by atoms with van der Waals surface area (Å²) in [6, 6.07) is -0.603. The number of hydrogen-bond donors (Lipinski definition) is 4. The summed E-state index contributed by atoms with van der Waals surface area (Å²) in [7, 11) is 0. The minimum Gasteiger partial charge on any atom is -0.451 e. The van der Waals surface area contributed by atoms with Crippen molar-refractivity contribution in [1.29, 1.82) is 5.41 Å². The molecule has 0 aliphatic carbocycles. The topological polar surface area (TPSA) is 131 Å². The minimum atomic E-state index is -0.881. The summed E-state index contributed by atoms with van der Waals surface area (Å²) >= 11 is 0. The van der Waals surface area contributed by atoms with Gasteiger partial charge in [0.15, 0.2) is 11.7 Å². The van der Waals surface area contributed by atoms with Gasteiger partial charge in [0.2, 0.25) is 0 Å². The van der Waals surface area contributed by atoms with Gasteiger partial charge < -0.3 is 21.5 Å². The number of nitrogens with one attached hydrogen (secondary N) is 2. The van der Waals surface area contributed by atoms with Gasteiger partial charge in [-0.15, -0.1) is 0 Å². The Morgan fingerprint density at radius 1 is 1.56 bits per heavy atom. The van der Waals surface area contributed by atoms with Crippen LogP contribution in [0.4, 0.5) is 0 Å². The quantitative estimate of drug-likeness (QED) is 0.248. The molecular weight excluding hydrogens is 236 g/mol. The molecule has 18 heavy (non-hydrogen) atoms. The number of hydrogen-bond acceptors (Lipinski definition) is 5. The zero-order chi connectivity index (χ0) is 14.2. The van der Waals surface area contributed by atoms with Gasteiger partial charge in [0.1, 0.15) is 5.60 Å². The molecule has 0 rings (SSSR count). The van der Waals surface area contributed by atoms with E-state index in [-0.39, 0.29) is 18.2 Å². The van der Waals surface area contributed by atoms with E-state index in [9.17, 15) is 9.59 Å². The maximum absolute atomic E-state index is 11.7. The van der Waals surface area contributed by atoms with Crippen LogP contribution >= 0.6 is 0 Å². The van der Waals surface area contributed by atoms with Crippen molar-refractivity contribution in [2.75, 3.05) is 6.54 Å². The summed E-state index contributed by atoms with van der Waals surface area (Å²) in [6.07, 6.45) is 1.18. The smallest absolute Gasteiger partial charge is 0.418 e. The Morgan fingerprint density at radius 2 is 2.17 bits per heavy atom. The van der Waals surface area contributed by atoms with E-state index in [0.29, 0.717) is 19.4 Å². The molecule has 0 bridgehead atoms. The zero-order valence-electron chi connectivity index (χ0n) is 10.8. The molecule has 0 aliphatic heterocycles. The van der Waals surface area contributed by atoms with Crippen LogP contribution in [0.15, 0.2) is 0 Å². The third kappa shape index (κ3) is 7.61. The molecule has 1 atom stereocenters. The van der Waals surface area contributed by atoms with E-state index in [1.807, 2.05) is 0 Å². The molecule has 0 aromatic carbocycles. The van der Waals surface area contributed by atoms with E-state index in [2.05, 4.69) is 10.1 Å². The SMILES string of the molecule is CC(C)(CC(=O)C(N)CCCNC(=N)N)O[C]=O. The van der Waals surface area contributed by atoms with E-state index in [0.717, 1.165) is 0 Å². The Morgan fingerprint density at radius 3 is 2.67 bits per heavy atom. The maximum atomic E-state index is 11.7. The Bertz CT molecular complexity index is 305. The Labute approximate surface area is 107 Å². The van der Waals surface area contributed by atoms with Crippen molar-refractivity contribution in [2.24, 2.45) is 11.5 Å². The van der Waals surface area contributed by atoms with Crippen molar-refractivity contribution in [3.63, 3.8) is 0 Å². The summed E-state index contributed by atoms with van der Waals surface area (Å²) in [5, 5.41) is 9.57. The number of carbonyl (C=O) groups is 1. The summed E-state index contributed by atoms with van der Waals surface area (Å²) in [5.74, 6) is -0.274. The van der Waals surface area contributed by atoms with Crippen LogP contribution in [0.5, 0.6) is 0 Å². The van der Waals surface area contributed by atoms with Crippen LogP contribution in [0.1, 0.15) is 33.1 Å². The predicted octanol–water partition coefficient (Wildman–Crippen LogP) is -0.601. The first-order valence-corrected chi connectivity index (χ1v) is 5.70. The van der Waals surface area contributed by atoms with Crippen molar-refractivity contribution >= 4 is 18.2 Å². The second-order valence-corrected chi connectivity index (χ2v) is 4.68. The van der Waals surface area contributed by atoms with E-state index in [1.165, 1.54) is 6.47 Å². The molecule has 0 spiro atoms. The highest BCUT2D eigenvalue weighted by atomic mass is 16.5. The number of nitrogens with two attached hydrogens (primary N) is 2. The van der Waals surface area contributed by atoms with Gasteiger partial charge >= 0.3 is 6.47 Å². The predicted molar refractivity (Wildman–Crippen MR) is 67.6 cm³/mol. The van der Waals surface area contributed by atoms with Crippen LogP contribution in [0, 0.1) is 5.41 Å². The van der Waals surface area contributed by atoms with Crippen molar-refractivity contribution < 1.29 is 14.3 Å². The fourth-order valence-electron chi connectivity index (χ4n) is 1.41. The van der Waals surface area contributed by atoms with Gasteiger partial charge in [-0.1, -0.05) is 0 Å². The molecule has 0 aliphatic rings. The van der Waals surface area contributed by atoms with Crippen LogP contribution in [0.2, 0.25) is 0 Å². The number of Topliss-reactive ketones (excluding diaryl/α,β-unsaturated/α-hetero) is 1. The Kier molecular flexibility index (Phi) is 6.96. The third-order valence-electron chi connectivity index (χ3n) is 2.34. The maximum Gasteiger partial charge on any atom is 0.418 e. The molecule has 6 N–H and O–H groups in total. The van der Waals surface area contributed by atoms with Crippen LogP contribution in [0.25, 0.3) is 0 Å². The molecule has 0 saturated heterocycles. The van der Waals surface area contributed by atoms with Crippen molar-refractivity contribution in [3.05, 3.63) is 0 Å². The molecule has 1 radical (unpaired) electrons. The monoisotopic (exact) mass is 257 g/mol. The fraction of sp³-hybridized carbons (Fsp3) is 0.727. The summed E-state index contributed by atoms with van der Waals surface area (Å²) in [6.45, 7) is 5.07. The largest absolute Gasteiger partial charge is 0.451 e. The lowest BCUT2D eigenvalue weighted by molar-refractivity contribution is -0.123. The average Bonchev–Trinajstić information content (AvgIpc) is 2.22. The molecule has 7 nitrogen and oxygen atoms in total. The van der Waals surface area contributed by atoms with Crippen LogP contribution in [0.3, 0.4) is 0 Å². The second kappa shape index (κ2) is 7.65. The van der Waals surface area contributed by atoms with Gasteiger partial charge in [0.25, 0.3) is 0 Å². The second-order valence-electron chi connectivity index (χ2n) is 4.68. The highest BCUT2D eigenvalue weighted by molar-refractivity contribution is 5.84. The first kappa shape index (κ1) is 16.4. The van der Waals surface area contributed by atoms with E-state index >= 15 is 0 Å². The first-order chi connectivity index (χ1) is 8.28. The summed E-state index contributed by atoms with van der Waals surface area (Å²) < 4.78 is 4.67. The molecule has 0 saturated carbocycles. The average molecular weight is 257 g/mol. The van der Waals surface area contributed by atoms with Gasteiger partial charge in [0, 0.05) is 13.0 Å². The van der Waals surface area contributed by atoms with Crippen molar-refractivity contribution in [3.8, 4) is 0 Å². The molecule has 0 aromatic rings. The molecule has 0 fully saturated rings. The van der Waals surface area contributed by atoms with Crippen LogP contribution in [-0.4, -0.2) is 36.4 Å². The van der Waals surface area contributed by atoms with Gasteiger partial charge in [-0.3, -0.25) is 10.2 Å². The van der Waals surface area contributed by atoms with E-state index < -0.39 is 11.6 Å². The number of carbonyl (C=O) groups excluding carboxylic acids is 2. The van der Waals surface area contributed by atoms with Gasteiger partial charge in [-0.05, 0) is 26.7 Å². The molecule has 103 valence electrons. The van der Waals surface area contributed by atoms with Gasteiger partial charge in [0.05, 0.1) is 6.04 Å². The van der Waals surface area contributed by atoms with E-state index in [4.69, 9.17) is 16.9 Å². The molecule has 0 aromatic heterocycles. The minimum absolute atomic E-state index is 0.0591. The number of ether oxygens (including phenoxy) is 1. The van der Waals surface area contributed by atoms with Gasteiger partial charge in [-0.25, -0.2) is 4.79 Å². The lowest BCUT2D eigenvalue weighted by Crippen LogP contribution is -2.38. The number of guanidine groups is 1. The van der Waals surface area contributed by atoms with Crippen molar-refractivity contribution in [1.82, 2.24) is 5.32 Å². The first-order valence-electron chi connectivity index (χ1n) is 5.70. The zero-order valence-corrected chi connectivity index (χ0v) is 10.8. The van der Waals surface area contributed by atoms with Crippen LogP contribution < -0.4 is 16.8 Å². The van der Waals surface area contributed by atoms with Crippen LogP contribution in [-0.2, 0) is 14.3 Å². The molecule has 0 amide bonds. The highest BCUT2D eigenvalue weighted by Crippen LogP contribution is 2.15. The third-order valence-corrected chi connectivity index (χ3v) is 2.34. The number of rotatable bonds is 9. The Balaban J connectivity index is 3.96. The summed E-state index contributed by atoms with van der Waals surface area (Å²) in [5.41, 5.74) is 9.95. The van der Waals surface area contributed by atoms with Gasteiger partial charge in [-0.2, -0.15) is 0 Å². The van der Waals surface area contributed by atoms with Crippen molar-refractivity contribution in [2.45, 2.75) is 44.8 Å². The molecule has 7 heteroatoms.